The molecule has 0 saturated heterocycles. The number of esters is 3. The maximum absolute atomic E-state index is 13.0. The Morgan fingerprint density at radius 2 is 0.494 bits per heavy atom. The summed E-state index contributed by atoms with van der Waals surface area (Å²) >= 11 is 0. The standard InChI is InChI=1S/C77H136O6/c1-4-7-10-13-16-19-22-25-28-31-34-36-38-40-43-46-49-52-55-58-61-64-67-70-76(79)82-73-74(72-81-75(78)69-66-63-60-57-54-51-48-45-42-33-30-27-24-21-18-15-12-9-6-3)83-77(80)71-68-65-62-59-56-53-50-47-44-41-39-37-35-32-29-26-23-20-17-14-11-8-5-2/h9,12,18,21,27,30-31,34,42,45,51,54,60,63,74H,4-8,10-11,13-17,19-20,22-26,28-29,32-33,35-41,43-44,46-50,52-53,55-59,61-62,64-73H2,1-3H3/b12-9-,21-18-,30-27-,34-31-,45-42-,54-51-,63-60-. The zero-order valence-electron chi connectivity index (χ0n) is 55.2. The minimum Gasteiger partial charge on any atom is -0.462 e. The van der Waals surface area contributed by atoms with Crippen molar-refractivity contribution in [1.29, 1.82) is 0 Å². The molecule has 480 valence electrons. The normalized spacial score (nSPS) is 12.6. The average Bonchev–Trinajstić information content (AvgIpc) is 3.49. The molecule has 83 heavy (non-hydrogen) atoms. The third-order valence-electron chi connectivity index (χ3n) is 15.9. The molecule has 1 unspecified atom stereocenters. The summed E-state index contributed by atoms with van der Waals surface area (Å²) in [5.74, 6) is -0.964. The molecular weight excluding hydrogens is 1020 g/mol. The molecule has 0 heterocycles. The van der Waals surface area contributed by atoms with Crippen molar-refractivity contribution in [3.8, 4) is 0 Å². The first-order valence-electron chi connectivity index (χ1n) is 36.1. The molecule has 0 aliphatic rings. The second-order valence-corrected chi connectivity index (χ2v) is 24.1. The fourth-order valence-electron chi connectivity index (χ4n) is 10.5. The smallest absolute Gasteiger partial charge is 0.306 e. The van der Waals surface area contributed by atoms with E-state index in [-0.39, 0.29) is 37.5 Å². The molecule has 0 bridgehead atoms. The van der Waals surface area contributed by atoms with Crippen LogP contribution in [0.5, 0.6) is 0 Å². The van der Waals surface area contributed by atoms with Gasteiger partial charge in [-0.2, -0.15) is 0 Å². The van der Waals surface area contributed by atoms with Crippen LogP contribution in [0.15, 0.2) is 85.1 Å². The van der Waals surface area contributed by atoms with Crippen molar-refractivity contribution in [3.63, 3.8) is 0 Å². The Morgan fingerprint density at radius 3 is 0.807 bits per heavy atom. The lowest BCUT2D eigenvalue weighted by Gasteiger charge is -2.18. The van der Waals surface area contributed by atoms with Crippen molar-refractivity contribution < 1.29 is 28.6 Å². The first-order chi connectivity index (χ1) is 41.0. The minimum atomic E-state index is -0.808. The highest BCUT2D eigenvalue weighted by atomic mass is 16.6. The summed E-state index contributed by atoms with van der Waals surface area (Å²) in [7, 11) is 0. The van der Waals surface area contributed by atoms with Crippen LogP contribution in [-0.4, -0.2) is 37.2 Å². The van der Waals surface area contributed by atoms with Crippen LogP contribution in [0.25, 0.3) is 0 Å². The van der Waals surface area contributed by atoms with E-state index in [1.165, 1.54) is 244 Å². The zero-order chi connectivity index (χ0) is 59.9. The van der Waals surface area contributed by atoms with E-state index in [9.17, 15) is 14.4 Å². The van der Waals surface area contributed by atoms with Gasteiger partial charge in [-0.25, -0.2) is 0 Å². The van der Waals surface area contributed by atoms with Gasteiger partial charge in [0.1, 0.15) is 13.2 Å². The van der Waals surface area contributed by atoms with E-state index in [0.717, 1.165) is 77.0 Å². The lowest BCUT2D eigenvalue weighted by atomic mass is 10.0. The summed E-state index contributed by atoms with van der Waals surface area (Å²) in [6.45, 7) is 6.52. The van der Waals surface area contributed by atoms with Crippen LogP contribution in [0.2, 0.25) is 0 Å². The summed E-state index contributed by atoms with van der Waals surface area (Å²) in [4.78, 5) is 38.5. The Balaban J connectivity index is 4.40. The van der Waals surface area contributed by atoms with Gasteiger partial charge in [-0.05, 0) is 83.5 Å². The molecule has 6 heteroatoms. The summed E-state index contributed by atoms with van der Waals surface area (Å²) in [6.07, 6.45) is 94.9. The molecule has 0 saturated carbocycles. The number of carbonyl (C=O) groups is 3. The Kier molecular flexibility index (Phi) is 68.2. The van der Waals surface area contributed by atoms with Crippen LogP contribution in [0.1, 0.15) is 367 Å². The van der Waals surface area contributed by atoms with E-state index in [1.807, 2.05) is 6.08 Å². The fourth-order valence-corrected chi connectivity index (χ4v) is 10.5. The Bertz CT molecular complexity index is 1570. The van der Waals surface area contributed by atoms with Gasteiger partial charge in [-0.15, -0.1) is 0 Å². The summed E-state index contributed by atoms with van der Waals surface area (Å²) in [5.41, 5.74) is 0. The number of hydrogen-bond acceptors (Lipinski definition) is 6. The number of rotatable bonds is 66. The molecule has 0 aromatic carbocycles. The van der Waals surface area contributed by atoms with Gasteiger partial charge in [0, 0.05) is 19.3 Å². The van der Waals surface area contributed by atoms with E-state index in [4.69, 9.17) is 14.2 Å². The molecule has 0 N–H and O–H groups in total. The Morgan fingerprint density at radius 1 is 0.253 bits per heavy atom. The van der Waals surface area contributed by atoms with Crippen LogP contribution in [-0.2, 0) is 28.6 Å². The van der Waals surface area contributed by atoms with Gasteiger partial charge in [0.25, 0.3) is 0 Å². The van der Waals surface area contributed by atoms with Crippen LogP contribution in [0.4, 0.5) is 0 Å². The van der Waals surface area contributed by atoms with Crippen LogP contribution >= 0.6 is 0 Å². The molecule has 1 atom stereocenters. The monoisotopic (exact) mass is 1160 g/mol. The van der Waals surface area contributed by atoms with Gasteiger partial charge in [0.05, 0.1) is 0 Å². The molecular formula is C77H136O6. The molecule has 0 aliphatic heterocycles. The van der Waals surface area contributed by atoms with Crippen molar-refractivity contribution in [2.75, 3.05) is 13.2 Å². The highest BCUT2D eigenvalue weighted by Crippen LogP contribution is 2.18. The molecule has 0 spiro atoms. The summed E-state index contributed by atoms with van der Waals surface area (Å²) in [5, 5.41) is 0. The third-order valence-corrected chi connectivity index (χ3v) is 15.9. The topological polar surface area (TPSA) is 78.9 Å². The highest BCUT2D eigenvalue weighted by Gasteiger charge is 2.19. The SMILES string of the molecule is CC/C=C\C/C=C\C/C=C\C/C=C\C/C=C\C/C=C\CCC(=O)OCC(COC(=O)CCCCCCCCCCCCC/C=C\CCCCCCCCCC)OC(=O)CCCCCCCCCCCCCCCCCCCCCCCCC. The van der Waals surface area contributed by atoms with E-state index < -0.39 is 6.10 Å². The lowest BCUT2D eigenvalue weighted by molar-refractivity contribution is -0.166. The minimum absolute atomic E-state index is 0.0968. The van der Waals surface area contributed by atoms with E-state index in [2.05, 4.69) is 99.8 Å². The molecule has 0 aliphatic carbocycles. The van der Waals surface area contributed by atoms with Crippen LogP contribution in [0, 0.1) is 0 Å². The predicted octanol–water partition coefficient (Wildman–Crippen LogP) is 25.0. The van der Waals surface area contributed by atoms with Gasteiger partial charge in [-0.3, -0.25) is 14.4 Å². The second-order valence-electron chi connectivity index (χ2n) is 24.1. The summed E-state index contributed by atoms with van der Waals surface area (Å²) < 4.78 is 16.9. The summed E-state index contributed by atoms with van der Waals surface area (Å²) in [6, 6.07) is 0. The van der Waals surface area contributed by atoms with Crippen molar-refractivity contribution in [3.05, 3.63) is 85.1 Å². The predicted molar refractivity (Wildman–Crippen MR) is 362 cm³/mol. The first kappa shape index (κ1) is 79.6. The number of carbonyl (C=O) groups excluding carboxylic acids is 3. The first-order valence-corrected chi connectivity index (χ1v) is 36.1. The van der Waals surface area contributed by atoms with E-state index >= 15 is 0 Å². The zero-order valence-corrected chi connectivity index (χ0v) is 55.2. The van der Waals surface area contributed by atoms with Crippen molar-refractivity contribution in [2.24, 2.45) is 0 Å². The number of allylic oxidation sites excluding steroid dienone is 14. The molecule has 0 aromatic heterocycles. The van der Waals surface area contributed by atoms with Gasteiger partial charge >= 0.3 is 17.9 Å². The van der Waals surface area contributed by atoms with Crippen LogP contribution in [0.3, 0.4) is 0 Å². The molecule has 0 aromatic rings. The largest absolute Gasteiger partial charge is 0.462 e. The highest BCUT2D eigenvalue weighted by molar-refractivity contribution is 5.71. The number of unbranched alkanes of at least 4 members (excludes halogenated alkanes) is 41. The van der Waals surface area contributed by atoms with Crippen molar-refractivity contribution in [2.45, 2.75) is 374 Å². The fraction of sp³-hybridized carbons (Fsp3) is 0.779. The number of ether oxygens (including phenoxy) is 3. The second kappa shape index (κ2) is 71.1. The lowest BCUT2D eigenvalue weighted by Crippen LogP contribution is -2.30. The Labute approximate surface area is 515 Å². The molecule has 6 nitrogen and oxygen atoms in total. The van der Waals surface area contributed by atoms with E-state index in [1.54, 1.807) is 0 Å². The quantitative estimate of drug-likeness (QED) is 0.0261. The molecule has 0 radical (unpaired) electrons. The third kappa shape index (κ3) is 69.3. The maximum atomic E-state index is 13.0. The van der Waals surface area contributed by atoms with Gasteiger partial charge in [-0.1, -0.05) is 350 Å². The van der Waals surface area contributed by atoms with E-state index in [0.29, 0.717) is 19.3 Å². The maximum Gasteiger partial charge on any atom is 0.306 e. The van der Waals surface area contributed by atoms with Gasteiger partial charge in [0.2, 0.25) is 0 Å². The molecule has 0 fully saturated rings. The number of hydrogen-bond donors (Lipinski definition) is 0. The Hall–Kier alpha value is -3.41. The van der Waals surface area contributed by atoms with Crippen molar-refractivity contribution >= 4 is 17.9 Å². The molecule has 0 rings (SSSR count). The average molecular weight is 1160 g/mol. The van der Waals surface area contributed by atoms with Crippen molar-refractivity contribution in [1.82, 2.24) is 0 Å². The molecule has 0 amide bonds. The van der Waals surface area contributed by atoms with Gasteiger partial charge < -0.3 is 14.2 Å². The van der Waals surface area contributed by atoms with Crippen LogP contribution < -0.4 is 0 Å². The van der Waals surface area contributed by atoms with Gasteiger partial charge in [0.15, 0.2) is 6.10 Å².